The second-order valence-corrected chi connectivity index (χ2v) is 5.07. The maximum atomic E-state index is 12.0. The molecule has 20 heavy (non-hydrogen) atoms. The van der Waals surface area contributed by atoms with Crippen molar-refractivity contribution < 1.29 is 4.79 Å². The van der Waals surface area contributed by atoms with Crippen LogP contribution in [0.15, 0.2) is 24.3 Å². The van der Waals surface area contributed by atoms with Crippen LogP contribution in [0, 0.1) is 18.3 Å². The third-order valence-electron chi connectivity index (χ3n) is 3.55. The molecule has 0 bridgehead atoms. The highest BCUT2D eigenvalue weighted by molar-refractivity contribution is 5.92. The van der Waals surface area contributed by atoms with Crippen molar-refractivity contribution in [3.05, 3.63) is 29.8 Å². The van der Waals surface area contributed by atoms with Gasteiger partial charge in [0, 0.05) is 31.9 Å². The summed E-state index contributed by atoms with van der Waals surface area (Å²) in [6, 6.07) is 9.93. The molecule has 0 saturated carbocycles. The fraction of sp³-hybridized carbons (Fsp3) is 0.467. The van der Waals surface area contributed by atoms with Gasteiger partial charge >= 0.3 is 0 Å². The summed E-state index contributed by atoms with van der Waals surface area (Å²) in [7, 11) is 0. The Labute approximate surface area is 119 Å². The molecule has 106 valence electrons. The van der Waals surface area contributed by atoms with E-state index in [1.807, 2.05) is 31.2 Å². The highest BCUT2D eigenvalue weighted by Gasteiger charge is 2.18. The molecule has 0 radical (unpaired) electrons. The lowest BCUT2D eigenvalue weighted by Crippen LogP contribution is -2.48. The monoisotopic (exact) mass is 272 g/mol. The molecule has 1 N–H and O–H groups in total. The first-order valence-corrected chi connectivity index (χ1v) is 6.86. The summed E-state index contributed by atoms with van der Waals surface area (Å²) in [4.78, 5) is 16.3. The number of benzene rings is 1. The van der Waals surface area contributed by atoms with Crippen LogP contribution >= 0.6 is 0 Å². The minimum Gasteiger partial charge on any atom is -0.325 e. The minimum atomic E-state index is 0.0213. The first kappa shape index (κ1) is 14.5. The lowest BCUT2D eigenvalue weighted by molar-refractivity contribution is -0.117. The van der Waals surface area contributed by atoms with Crippen LogP contribution < -0.4 is 5.32 Å². The van der Waals surface area contributed by atoms with Crippen LogP contribution in [-0.4, -0.2) is 55.0 Å². The summed E-state index contributed by atoms with van der Waals surface area (Å²) >= 11 is 0. The number of nitrogens with zero attached hydrogens (tertiary/aromatic N) is 3. The molecule has 1 aromatic carbocycles. The van der Waals surface area contributed by atoms with E-state index >= 15 is 0 Å². The molecule has 1 aromatic rings. The number of piperazine rings is 1. The van der Waals surface area contributed by atoms with Gasteiger partial charge < -0.3 is 5.32 Å². The Morgan fingerprint density at radius 2 is 1.90 bits per heavy atom. The molecule has 1 aliphatic rings. The predicted molar refractivity (Wildman–Crippen MR) is 78.3 cm³/mol. The first-order valence-electron chi connectivity index (χ1n) is 6.86. The largest absolute Gasteiger partial charge is 0.325 e. The van der Waals surface area contributed by atoms with Gasteiger partial charge in [0.1, 0.15) is 0 Å². The van der Waals surface area contributed by atoms with Gasteiger partial charge in [-0.3, -0.25) is 14.6 Å². The van der Waals surface area contributed by atoms with Crippen molar-refractivity contribution in [2.24, 2.45) is 0 Å². The Hall–Kier alpha value is -1.90. The molecule has 1 amide bonds. The van der Waals surface area contributed by atoms with Crippen LogP contribution in [0.5, 0.6) is 0 Å². The quantitative estimate of drug-likeness (QED) is 0.833. The zero-order valence-corrected chi connectivity index (χ0v) is 11.8. The van der Waals surface area contributed by atoms with E-state index in [2.05, 4.69) is 21.2 Å². The fourth-order valence-corrected chi connectivity index (χ4v) is 2.31. The molecule has 1 saturated heterocycles. The smallest absolute Gasteiger partial charge is 0.238 e. The number of hydrogen-bond acceptors (Lipinski definition) is 4. The number of amides is 1. The van der Waals surface area contributed by atoms with Crippen LogP contribution in [0.1, 0.15) is 5.56 Å². The molecule has 1 aliphatic heterocycles. The number of nitriles is 1. The van der Waals surface area contributed by atoms with Gasteiger partial charge in [0.2, 0.25) is 5.91 Å². The van der Waals surface area contributed by atoms with Crippen molar-refractivity contribution in [2.45, 2.75) is 6.92 Å². The molecule has 0 aliphatic carbocycles. The molecule has 0 atom stereocenters. The highest BCUT2D eigenvalue weighted by Crippen LogP contribution is 2.13. The van der Waals surface area contributed by atoms with E-state index < -0.39 is 0 Å². The zero-order valence-electron chi connectivity index (χ0n) is 11.8. The first-order chi connectivity index (χ1) is 9.69. The minimum absolute atomic E-state index is 0.0213. The summed E-state index contributed by atoms with van der Waals surface area (Å²) in [6.45, 7) is 6.25. The third-order valence-corrected chi connectivity index (χ3v) is 3.55. The molecule has 1 heterocycles. The number of carbonyl (C=O) groups is 1. The van der Waals surface area contributed by atoms with Gasteiger partial charge in [0.25, 0.3) is 0 Å². The molecular formula is C15H20N4O. The van der Waals surface area contributed by atoms with Gasteiger partial charge in [-0.25, -0.2) is 0 Å². The highest BCUT2D eigenvalue weighted by atomic mass is 16.2. The number of nitrogens with one attached hydrogen (secondary N) is 1. The van der Waals surface area contributed by atoms with E-state index in [4.69, 9.17) is 5.26 Å². The zero-order chi connectivity index (χ0) is 14.4. The van der Waals surface area contributed by atoms with Gasteiger partial charge in [0.05, 0.1) is 19.2 Å². The summed E-state index contributed by atoms with van der Waals surface area (Å²) in [6.07, 6.45) is 0. The molecule has 5 nitrogen and oxygen atoms in total. The average molecular weight is 272 g/mol. The fourth-order valence-electron chi connectivity index (χ4n) is 2.31. The Morgan fingerprint density at radius 3 is 2.55 bits per heavy atom. The van der Waals surface area contributed by atoms with Crippen LogP contribution in [0.3, 0.4) is 0 Å². The summed E-state index contributed by atoms with van der Waals surface area (Å²) in [5.74, 6) is 0.0213. The number of carbonyl (C=O) groups excluding carboxylic acids is 1. The molecular weight excluding hydrogens is 252 g/mol. The molecule has 5 heteroatoms. The number of rotatable bonds is 4. The predicted octanol–water partition coefficient (Wildman–Crippen LogP) is 1.07. The Balaban J connectivity index is 1.79. The number of aryl methyl sites for hydroxylation is 1. The van der Waals surface area contributed by atoms with Crippen LogP contribution in [0.2, 0.25) is 0 Å². The maximum Gasteiger partial charge on any atom is 0.238 e. The van der Waals surface area contributed by atoms with Crippen LogP contribution in [0.25, 0.3) is 0 Å². The number of hydrogen-bond donors (Lipinski definition) is 1. The Morgan fingerprint density at radius 1 is 1.25 bits per heavy atom. The summed E-state index contributed by atoms with van der Waals surface area (Å²) in [5, 5.41) is 11.6. The summed E-state index contributed by atoms with van der Waals surface area (Å²) < 4.78 is 0. The second-order valence-electron chi connectivity index (χ2n) is 5.07. The Kier molecular flexibility index (Phi) is 5.10. The molecule has 0 aromatic heterocycles. The van der Waals surface area contributed by atoms with Gasteiger partial charge in [0.15, 0.2) is 0 Å². The normalized spacial score (nSPS) is 16.6. The Bertz CT molecular complexity index is 501. The standard InChI is InChI=1S/C15H20N4O/c1-13-4-2-3-5-14(13)17-15(20)12-19-10-8-18(7-6-16)9-11-19/h2-5H,7-12H2,1H3,(H,17,20). The van der Waals surface area contributed by atoms with Gasteiger partial charge in [-0.2, -0.15) is 5.26 Å². The van der Waals surface area contributed by atoms with E-state index in [1.54, 1.807) is 0 Å². The second kappa shape index (κ2) is 7.04. The van der Waals surface area contributed by atoms with Crippen LogP contribution in [-0.2, 0) is 4.79 Å². The topological polar surface area (TPSA) is 59.4 Å². The van der Waals surface area contributed by atoms with E-state index in [-0.39, 0.29) is 5.91 Å². The van der Waals surface area contributed by atoms with Crippen molar-refractivity contribution >= 4 is 11.6 Å². The SMILES string of the molecule is Cc1ccccc1NC(=O)CN1CCN(CC#N)CC1. The van der Waals surface area contributed by atoms with E-state index in [0.717, 1.165) is 37.4 Å². The molecule has 1 fully saturated rings. The van der Waals surface area contributed by atoms with E-state index in [1.165, 1.54) is 0 Å². The lowest BCUT2D eigenvalue weighted by atomic mass is 10.2. The van der Waals surface area contributed by atoms with Crippen molar-refractivity contribution in [1.82, 2.24) is 9.80 Å². The average Bonchev–Trinajstić information content (AvgIpc) is 2.44. The van der Waals surface area contributed by atoms with Crippen molar-refractivity contribution in [1.29, 1.82) is 5.26 Å². The number of anilines is 1. The van der Waals surface area contributed by atoms with Gasteiger partial charge in [-0.1, -0.05) is 18.2 Å². The summed E-state index contributed by atoms with van der Waals surface area (Å²) in [5.41, 5.74) is 1.94. The lowest BCUT2D eigenvalue weighted by Gasteiger charge is -2.32. The molecule has 2 rings (SSSR count). The van der Waals surface area contributed by atoms with E-state index in [9.17, 15) is 4.79 Å². The van der Waals surface area contributed by atoms with Crippen LogP contribution in [0.4, 0.5) is 5.69 Å². The van der Waals surface area contributed by atoms with Crippen molar-refractivity contribution in [3.63, 3.8) is 0 Å². The number of para-hydroxylation sites is 1. The molecule has 0 spiro atoms. The van der Waals surface area contributed by atoms with Crippen molar-refractivity contribution in [3.8, 4) is 6.07 Å². The third kappa shape index (κ3) is 4.05. The maximum absolute atomic E-state index is 12.0. The molecule has 0 unspecified atom stereocenters. The van der Waals surface area contributed by atoms with Crippen molar-refractivity contribution in [2.75, 3.05) is 44.6 Å². The van der Waals surface area contributed by atoms with E-state index in [0.29, 0.717) is 13.1 Å². The van der Waals surface area contributed by atoms with Gasteiger partial charge in [-0.05, 0) is 18.6 Å². The van der Waals surface area contributed by atoms with Gasteiger partial charge in [-0.15, -0.1) is 0 Å².